The average molecular weight is 392 g/mol. The van der Waals surface area contributed by atoms with Gasteiger partial charge in [-0.05, 0) is 61.4 Å². The number of nitrogens with one attached hydrogen (secondary N) is 2. The molecule has 0 spiro atoms. The number of aliphatic hydroxyl groups excluding tert-OH is 1. The van der Waals surface area contributed by atoms with Crippen molar-refractivity contribution in [1.82, 2.24) is 15.6 Å². The van der Waals surface area contributed by atoms with Crippen LogP contribution in [0.5, 0.6) is 5.75 Å². The lowest BCUT2D eigenvalue weighted by atomic mass is 10.1. The molecule has 1 aromatic carbocycles. The molecule has 7 nitrogen and oxygen atoms in total. The molecule has 3 N–H and O–H groups in total. The van der Waals surface area contributed by atoms with Gasteiger partial charge in [-0.2, -0.15) is 10.1 Å². The number of hydrogen-bond acceptors (Lipinski definition) is 6. The predicted molar refractivity (Wildman–Crippen MR) is 113 cm³/mol. The Morgan fingerprint density at radius 1 is 1.31 bits per heavy atom. The maximum atomic E-state index is 12.6. The number of rotatable bonds is 6. The number of nitrogens with zero attached hydrogens (tertiary/aromatic N) is 2. The van der Waals surface area contributed by atoms with Crippen LogP contribution in [0.3, 0.4) is 0 Å². The van der Waals surface area contributed by atoms with E-state index in [0.717, 1.165) is 17.0 Å². The maximum absolute atomic E-state index is 12.6. The van der Waals surface area contributed by atoms with Gasteiger partial charge in [-0.25, -0.2) is 0 Å². The van der Waals surface area contributed by atoms with Gasteiger partial charge >= 0.3 is 0 Å². The molecule has 1 heterocycles. The quantitative estimate of drug-likeness (QED) is 0.648. The summed E-state index contributed by atoms with van der Waals surface area (Å²) in [6, 6.07) is 7.45. The molecular weight excluding hydrogens is 368 g/mol. The van der Waals surface area contributed by atoms with E-state index in [1.54, 1.807) is 25.3 Å². The number of carbonyl (C=O) groups excluding carboxylic acids is 1. The van der Waals surface area contributed by atoms with Crippen molar-refractivity contribution < 1.29 is 14.6 Å². The summed E-state index contributed by atoms with van der Waals surface area (Å²) in [4.78, 5) is 12.6. The number of allylic oxidation sites excluding steroid dienone is 4. The SMILES string of the molecule is C=C1NC(CNC2=CCC=C(O)C=C2)=CC(=O)N1/N=C(\C)c1ccc(OC)cc1. The van der Waals surface area contributed by atoms with E-state index < -0.39 is 0 Å². The molecule has 0 unspecified atom stereocenters. The van der Waals surface area contributed by atoms with Crippen LogP contribution < -0.4 is 15.4 Å². The Kier molecular flexibility index (Phi) is 6.19. The van der Waals surface area contributed by atoms with Crippen LogP contribution in [-0.4, -0.2) is 35.4 Å². The number of hydrazone groups is 1. The molecule has 3 rings (SSSR count). The second-order valence-corrected chi connectivity index (χ2v) is 6.52. The van der Waals surface area contributed by atoms with Crippen LogP contribution in [0.25, 0.3) is 0 Å². The molecule has 0 atom stereocenters. The summed E-state index contributed by atoms with van der Waals surface area (Å²) in [5, 5.41) is 21.5. The van der Waals surface area contributed by atoms with Gasteiger partial charge in [0.15, 0.2) is 0 Å². The van der Waals surface area contributed by atoms with Gasteiger partial charge in [0.05, 0.1) is 19.4 Å². The lowest BCUT2D eigenvalue weighted by molar-refractivity contribution is -0.125. The van der Waals surface area contributed by atoms with E-state index in [1.807, 2.05) is 37.3 Å². The number of carbonyl (C=O) groups is 1. The zero-order chi connectivity index (χ0) is 20.8. The summed E-state index contributed by atoms with van der Waals surface area (Å²) in [7, 11) is 1.61. The first kappa shape index (κ1) is 20.0. The van der Waals surface area contributed by atoms with Crippen LogP contribution >= 0.6 is 0 Å². The second-order valence-electron chi connectivity index (χ2n) is 6.52. The highest BCUT2D eigenvalue weighted by molar-refractivity contribution is 6.00. The van der Waals surface area contributed by atoms with Gasteiger partial charge in [0.25, 0.3) is 5.91 Å². The molecular formula is C22H24N4O3. The summed E-state index contributed by atoms with van der Waals surface area (Å²) in [5.74, 6) is 1.10. The van der Waals surface area contributed by atoms with Crippen molar-refractivity contribution in [3.8, 4) is 5.75 Å². The molecule has 7 heteroatoms. The van der Waals surface area contributed by atoms with Gasteiger partial charge in [-0.1, -0.05) is 12.7 Å². The van der Waals surface area contributed by atoms with E-state index in [1.165, 1.54) is 11.1 Å². The number of ether oxygens (including phenoxy) is 1. The minimum atomic E-state index is -0.275. The summed E-state index contributed by atoms with van der Waals surface area (Å²) in [6.07, 6.45) is 9.20. The van der Waals surface area contributed by atoms with Crippen LogP contribution in [0.15, 0.2) is 89.3 Å². The topological polar surface area (TPSA) is 86.2 Å². The third-order valence-electron chi connectivity index (χ3n) is 4.41. The Morgan fingerprint density at radius 2 is 2.07 bits per heavy atom. The first-order valence-electron chi connectivity index (χ1n) is 9.17. The van der Waals surface area contributed by atoms with Crippen LogP contribution in [0.4, 0.5) is 0 Å². The summed E-state index contributed by atoms with van der Waals surface area (Å²) in [5.41, 5.74) is 3.11. The number of aliphatic hydroxyl groups is 1. The lowest BCUT2D eigenvalue weighted by Crippen LogP contribution is -2.39. The van der Waals surface area contributed by atoms with E-state index in [4.69, 9.17) is 4.74 Å². The average Bonchev–Trinajstić information content (AvgIpc) is 2.93. The molecule has 0 fully saturated rings. The molecule has 2 aliphatic rings. The Morgan fingerprint density at radius 3 is 2.76 bits per heavy atom. The van der Waals surface area contributed by atoms with Gasteiger partial charge in [-0.3, -0.25) is 4.79 Å². The van der Waals surface area contributed by atoms with Gasteiger partial charge in [-0.15, -0.1) is 0 Å². The van der Waals surface area contributed by atoms with Gasteiger partial charge < -0.3 is 20.5 Å². The Balaban J connectivity index is 1.66. The van der Waals surface area contributed by atoms with E-state index in [0.29, 0.717) is 30.2 Å². The van der Waals surface area contributed by atoms with Crippen molar-refractivity contribution in [2.24, 2.45) is 5.10 Å². The number of amides is 1. The number of methoxy groups -OCH3 is 1. The number of hydrogen-bond donors (Lipinski definition) is 3. The van der Waals surface area contributed by atoms with E-state index in [-0.39, 0.29) is 11.7 Å². The molecule has 1 aliphatic carbocycles. The van der Waals surface area contributed by atoms with Crippen molar-refractivity contribution in [3.05, 3.63) is 89.8 Å². The molecule has 0 bridgehead atoms. The predicted octanol–water partition coefficient (Wildman–Crippen LogP) is 3.08. The third kappa shape index (κ3) is 5.16. The summed E-state index contributed by atoms with van der Waals surface area (Å²) in [6.45, 7) is 6.16. The highest BCUT2D eigenvalue weighted by atomic mass is 16.5. The van der Waals surface area contributed by atoms with Crippen molar-refractivity contribution in [1.29, 1.82) is 0 Å². The maximum Gasteiger partial charge on any atom is 0.274 e. The third-order valence-corrected chi connectivity index (χ3v) is 4.41. The minimum absolute atomic E-state index is 0.234. The molecule has 29 heavy (non-hydrogen) atoms. The van der Waals surface area contributed by atoms with Crippen molar-refractivity contribution in [2.75, 3.05) is 13.7 Å². The molecule has 1 aromatic rings. The van der Waals surface area contributed by atoms with Gasteiger partial charge in [0, 0.05) is 17.5 Å². The molecule has 0 radical (unpaired) electrons. The first-order valence-corrected chi connectivity index (χ1v) is 9.17. The molecule has 0 saturated heterocycles. The second kappa shape index (κ2) is 8.97. The Bertz CT molecular complexity index is 953. The highest BCUT2D eigenvalue weighted by Crippen LogP contribution is 2.16. The van der Waals surface area contributed by atoms with Gasteiger partial charge in [0.2, 0.25) is 0 Å². The fourth-order valence-electron chi connectivity index (χ4n) is 2.81. The standard InChI is InChI=1S/C22H24N4O3/c1-15(17-7-11-21(29-3)12-8-17)25-26-16(2)24-19(13-22(26)28)14-23-18-5-4-6-20(27)10-9-18/h5-13,23-24,27H,2,4,14H2,1,3H3/b25-15+. The fraction of sp³-hybridized carbons (Fsp3) is 0.182. The summed E-state index contributed by atoms with van der Waals surface area (Å²) < 4.78 is 5.16. The van der Waals surface area contributed by atoms with Gasteiger partial charge in [0.1, 0.15) is 17.3 Å². The van der Waals surface area contributed by atoms with Crippen LogP contribution in [0.2, 0.25) is 0 Å². The molecule has 0 aromatic heterocycles. The van der Waals surface area contributed by atoms with E-state index in [9.17, 15) is 9.90 Å². The Hall–Kier alpha value is -3.74. The molecule has 0 saturated carbocycles. The Labute approximate surface area is 170 Å². The smallest absolute Gasteiger partial charge is 0.274 e. The lowest BCUT2D eigenvalue weighted by Gasteiger charge is -2.26. The van der Waals surface area contributed by atoms with Crippen LogP contribution in [0.1, 0.15) is 18.9 Å². The monoisotopic (exact) mass is 392 g/mol. The largest absolute Gasteiger partial charge is 0.508 e. The molecule has 1 aliphatic heterocycles. The number of benzene rings is 1. The van der Waals surface area contributed by atoms with Crippen LogP contribution in [-0.2, 0) is 4.79 Å². The van der Waals surface area contributed by atoms with E-state index >= 15 is 0 Å². The van der Waals surface area contributed by atoms with Crippen molar-refractivity contribution in [3.63, 3.8) is 0 Å². The van der Waals surface area contributed by atoms with Crippen molar-refractivity contribution >= 4 is 11.6 Å². The summed E-state index contributed by atoms with van der Waals surface area (Å²) >= 11 is 0. The zero-order valence-corrected chi connectivity index (χ0v) is 16.5. The highest BCUT2D eigenvalue weighted by Gasteiger charge is 2.22. The van der Waals surface area contributed by atoms with Crippen LogP contribution in [0, 0.1) is 0 Å². The zero-order valence-electron chi connectivity index (χ0n) is 16.5. The molecule has 1 amide bonds. The first-order chi connectivity index (χ1) is 14.0. The normalized spacial score (nSPS) is 17.1. The fourth-order valence-corrected chi connectivity index (χ4v) is 2.81. The van der Waals surface area contributed by atoms with Crippen molar-refractivity contribution in [2.45, 2.75) is 13.3 Å². The van der Waals surface area contributed by atoms with E-state index in [2.05, 4.69) is 22.3 Å². The molecule has 150 valence electrons. The minimum Gasteiger partial charge on any atom is -0.508 e.